The largest absolute Gasteiger partial charge is 0.376 e. The summed E-state index contributed by atoms with van der Waals surface area (Å²) in [5.74, 6) is -0.0504. The van der Waals surface area contributed by atoms with E-state index in [2.05, 4.69) is 5.32 Å². The molecular formula is C17H24N2O3. The number of nitrogens with one attached hydrogen (secondary N) is 1. The smallest absolute Gasteiger partial charge is 0.221 e. The van der Waals surface area contributed by atoms with Gasteiger partial charge in [0.1, 0.15) is 0 Å². The molecule has 1 aromatic carbocycles. The Kier molecular flexibility index (Phi) is 6.40. The minimum atomic E-state index is -0.0326. The van der Waals surface area contributed by atoms with Crippen LogP contribution in [-0.4, -0.2) is 42.5 Å². The van der Waals surface area contributed by atoms with Gasteiger partial charge in [-0.25, -0.2) is 0 Å². The number of carbonyl (C=O) groups is 2. The average Bonchev–Trinajstić information content (AvgIpc) is 3.03. The average molecular weight is 304 g/mol. The Bertz CT molecular complexity index is 484. The number of carbonyl (C=O) groups excluding carboxylic acids is 2. The van der Waals surface area contributed by atoms with Crippen LogP contribution in [0.25, 0.3) is 0 Å². The molecule has 1 N–H and O–H groups in total. The normalized spacial score (nSPS) is 17.2. The van der Waals surface area contributed by atoms with Gasteiger partial charge in [0.05, 0.1) is 6.10 Å². The molecule has 5 nitrogen and oxygen atoms in total. The van der Waals surface area contributed by atoms with Gasteiger partial charge >= 0.3 is 0 Å². The molecule has 2 amide bonds. The molecule has 1 atom stereocenters. The lowest BCUT2D eigenvalue weighted by Gasteiger charge is -2.21. The zero-order valence-corrected chi connectivity index (χ0v) is 13.1. The summed E-state index contributed by atoms with van der Waals surface area (Å²) in [6.45, 7) is 3.86. The van der Waals surface area contributed by atoms with Crippen LogP contribution in [0.5, 0.6) is 0 Å². The van der Waals surface area contributed by atoms with Gasteiger partial charge in [-0.3, -0.25) is 9.59 Å². The molecule has 0 bridgehead atoms. The molecule has 0 radical (unpaired) electrons. The van der Waals surface area contributed by atoms with Gasteiger partial charge in [-0.05, 0) is 18.4 Å². The predicted molar refractivity (Wildman–Crippen MR) is 84.1 cm³/mol. The molecule has 1 aliphatic heterocycles. The zero-order chi connectivity index (χ0) is 15.8. The van der Waals surface area contributed by atoms with E-state index in [4.69, 9.17) is 4.74 Å². The molecule has 120 valence electrons. The maximum atomic E-state index is 11.9. The lowest BCUT2D eigenvalue weighted by molar-refractivity contribution is -0.130. The zero-order valence-electron chi connectivity index (χ0n) is 13.1. The Morgan fingerprint density at radius 1 is 1.32 bits per heavy atom. The van der Waals surface area contributed by atoms with E-state index in [1.165, 1.54) is 6.92 Å². The van der Waals surface area contributed by atoms with Crippen molar-refractivity contribution in [1.82, 2.24) is 10.2 Å². The van der Waals surface area contributed by atoms with E-state index in [0.29, 0.717) is 26.1 Å². The Morgan fingerprint density at radius 3 is 2.73 bits per heavy atom. The summed E-state index contributed by atoms with van der Waals surface area (Å²) in [5.41, 5.74) is 1.07. The lowest BCUT2D eigenvalue weighted by atomic mass is 10.2. The summed E-state index contributed by atoms with van der Waals surface area (Å²) in [5, 5.41) is 2.88. The summed E-state index contributed by atoms with van der Waals surface area (Å²) in [6.07, 6.45) is 2.54. The molecule has 5 heteroatoms. The van der Waals surface area contributed by atoms with Crippen molar-refractivity contribution in [3.05, 3.63) is 35.9 Å². The molecule has 1 unspecified atom stereocenters. The van der Waals surface area contributed by atoms with Crippen molar-refractivity contribution in [2.24, 2.45) is 0 Å². The van der Waals surface area contributed by atoms with Gasteiger partial charge < -0.3 is 15.0 Å². The van der Waals surface area contributed by atoms with Crippen molar-refractivity contribution in [2.75, 3.05) is 19.7 Å². The minimum Gasteiger partial charge on any atom is -0.376 e. The van der Waals surface area contributed by atoms with Gasteiger partial charge in [0.2, 0.25) is 11.8 Å². The Labute approximate surface area is 131 Å². The number of hydrogen-bond donors (Lipinski definition) is 1. The van der Waals surface area contributed by atoms with Crippen molar-refractivity contribution in [1.29, 1.82) is 0 Å². The summed E-state index contributed by atoms with van der Waals surface area (Å²) in [4.78, 5) is 25.3. The highest BCUT2D eigenvalue weighted by Crippen LogP contribution is 2.10. The third-order valence-electron chi connectivity index (χ3n) is 3.82. The quantitative estimate of drug-likeness (QED) is 0.834. The summed E-state index contributed by atoms with van der Waals surface area (Å²) in [6, 6.07) is 9.80. The van der Waals surface area contributed by atoms with E-state index >= 15 is 0 Å². The predicted octanol–water partition coefficient (Wildman–Crippen LogP) is 1.72. The number of hydrogen-bond acceptors (Lipinski definition) is 3. The molecular weight excluding hydrogens is 280 g/mol. The number of benzene rings is 1. The highest BCUT2D eigenvalue weighted by atomic mass is 16.5. The highest BCUT2D eigenvalue weighted by molar-refractivity contribution is 5.78. The Balaban J connectivity index is 1.73. The number of nitrogens with zero attached hydrogens (tertiary/aromatic N) is 1. The second-order valence-electron chi connectivity index (χ2n) is 5.62. The van der Waals surface area contributed by atoms with Gasteiger partial charge in [0, 0.05) is 39.6 Å². The van der Waals surface area contributed by atoms with Crippen molar-refractivity contribution in [3.8, 4) is 0 Å². The van der Waals surface area contributed by atoms with Crippen molar-refractivity contribution in [2.45, 2.75) is 38.8 Å². The van der Waals surface area contributed by atoms with E-state index in [9.17, 15) is 9.59 Å². The van der Waals surface area contributed by atoms with Gasteiger partial charge in [-0.2, -0.15) is 0 Å². The third kappa shape index (κ3) is 5.48. The lowest BCUT2D eigenvalue weighted by Crippen LogP contribution is -2.36. The molecule has 0 spiro atoms. The first kappa shape index (κ1) is 16.5. The Morgan fingerprint density at radius 2 is 2.09 bits per heavy atom. The molecule has 0 aromatic heterocycles. The van der Waals surface area contributed by atoms with Gasteiger partial charge in [0.25, 0.3) is 0 Å². The molecule has 22 heavy (non-hydrogen) atoms. The maximum Gasteiger partial charge on any atom is 0.221 e. The summed E-state index contributed by atoms with van der Waals surface area (Å²) >= 11 is 0. The van der Waals surface area contributed by atoms with E-state index in [-0.39, 0.29) is 17.9 Å². The maximum absolute atomic E-state index is 11.9. The van der Waals surface area contributed by atoms with Crippen molar-refractivity contribution < 1.29 is 14.3 Å². The fourth-order valence-electron chi connectivity index (χ4n) is 2.51. The van der Waals surface area contributed by atoms with Crippen LogP contribution < -0.4 is 5.32 Å². The Hall–Kier alpha value is -1.88. The van der Waals surface area contributed by atoms with Crippen LogP contribution in [0.1, 0.15) is 31.7 Å². The van der Waals surface area contributed by atoms with Gasteiger partial charge in [-0.15, -0.1) is 0 Å². The number of ether oxygens (including phenoxy) is 1. The first-order valence-corrected chi connectivity index (χ1v) is 7.83. The molecule has 1 aliphatic rings. The second-order valence-corrected chi connectivity index (χ2v) is 5.62. The first-order valence-electron chi connectivity index (χ1n) is 7.83. The van der Waals surface area contributed by atoms with Crippen molar-refractivity contribution in [3.63, 3.8) is 0 Å². The SMILES string of the molecule is CC(=O)N(CCC(=O)NCC1CCCO1)Cc1ccccc1. The van der Waals surface area contributed by atoms with Crippen LogP contribution in [0.15, 0.2) is 30.3 Å². The van der Waals surface area contributed by atoms with Gasteiger partial charge in [-0.1, -0.05) is 30.3 Å². The molecule has 1 heterocycles. The highest BCUT2D eigenvalue weighted by Gasteiger charge is 2.17. The topological polar surface area (TPSA) is 58.6 Å². The molecule has 0 saturated carbocycles. The van der Waals surface area contributed by atoms with Crippen LogP contribution in [0.3, 0.4) is 0 Å². The van der Waals surface area contributed by atoms with E-state index < -0.39 is 0 Å². The first-order chi connectivity index (χ1) is 10.6. The molecule has 1 aromatic rings. The fourth-order valence-corrected chi connectivity index (χ4v) is 2.51. The van der Waals surface area contributed by atoms with E-state index in [1.54, 1.807) is 4.90 Å². The monoisotopic (exact) mass is 304 g/mol. The number of amides is 2. The molecule has 1 fully saturated rings. The van der Waals surface area contributed by atoms with Crippen LogP contribution in [-0.2, 0) is 20.9 Å². The van der Waals surface area contributed by atoms with Crippen LogP contribution >= 0.6 is 0 Å². The van der Waals surface area contributed by atoms with E-state index in [0.717, 1.165) is 25.0 Å². The van der Waals surface area contributed by atoms with Crippen molar-refractivity contribution >= 4 is 11.8 Å². The third-order valence-corrected chi connectivity index (χ3v) is 3.82. The second kappa shape index (κ2) is 8.54. The molecule has 1 saturated heterocycles. The standard InChI is InChI=1S/C17H24N2O3/c1-14(20)19(13-15-6-3-2-4-7-15)10-9-17(21)18-12-16-8-5-11-22-16/h2-4,6-7,16H,5,8-13H2,1H3,(H,18,21). The fraction of sp³-hybridized carbons (Fsp3) is 0.529. The van der Waals surface area contributed by atoms with Crippen LogP contribution in [0.2, 0.25) is 0 Å². The van der Waals surface area contributed by atoms with E-state index in [1.807, 2.05) is 30.3 Å². The molecule has 2 rings (SSSR count). The number of rotatable bonds is 7. The molecule has 0 aliphatic carbocycles. The van der Waals surface area contributed by atoms with Gasteiger partial charge in [0.15, 0.2) is 0 Å². The van der Waals surface area contributed by atoms with Crippen LogP contribution in [0, 0.1) is 0 Å². The minimum absolute atomic E-state index is 0.0178. The summed E-state index contributed by atoms with van der Waals surface area (Å²) < 4.78 is 5.47. The summed E-state index contributed by atoms with van der Waals surface area (Å²) in [7, 11) is 0. The van der Waals surface area contributed by atoms with Crippen LogP contribution in [0.4, 0.5) is 0 Å².